The molecule has 0 atom stereocenters. The highest BCUT2D eigenvalue weighted by Crippen LogP contribution is 2.23. The molecular weight excluding hydrogens is 260 g/mol. The lowest BCUT2D eigenvalue weighted by molar-refractivity contribution is 1.45. The second-order valence-electron chi connectivity index (χ2n) is 2.12. The lowest BCUT2D eigenvalue weighted by Crippen LogP contribution is -1.89. The standard InChI is InChI=1S/C7H7ClIN/c1-4-2-6(9)5(8)3-7(4)10/h2-3H,10H2,1H3. The van der Waals surface area contributed by atoms with Crippen molar-refractivity contribution in [1.29, 1.82) is 0 Å². The van der Waals surface area contributed by atoms with Gasteiger partial charge in [0.2, 0.25) is 0 Å². The fraction of sp³-hybridized carbons (Fsp3) is 0.143. The van der Waals surface area contributed by atoms with Crippen LogP contribution in [0.2, 0.25) is 5.02 Å². The topological polar surface area (TPSA) is 26.0 Å². The summed E-state index contributed by atoms with van der Waals surface area (Å²) in [6.45, 7) is 1.97. The molecule has 0 aliphatic carbocycles. The van der Waals surface area contributed by atoms with Crippen molar-refractivity contribution < 1.29 is 0 Å². The quantitative estimate of drug-likeness (QED) is 0.568. The van der Waals surface area contributed by atoms with E-state index in [1.807, 2.05) is 13.0 Å². The number of nitrogen functional groups attached to an aromatic ring is 1. The molecule has 3 heteroatoms. The zero-order chi connectivity index (χ0) is 7.72. The predicted molar refractivity (Wildman–Crippen MR) is 53.3 cm³/mol. The molecule has 1 aromatic carbocycles. The van der Waals surface area contributed by atoms with Gasteiger partial charge in [0.15, 0.2) is 0 Å². The van der Waals surface area contributed by atoms with E-state index < -0.39 is 0 Å². The summed E-state index contributed by atoms with van der Waals surface area (Å²) < 4.78 is 1.05. The Morgan fingerprint density at radius 3 is 2.60 bits per heavy atom. The van der Waals surface area contributed by atoms with Crippen LogP contribution in [0.3, 0.4) is 0 Å². The monoisotopic (exact) mass is 267 g/mol. The first-order valence-corrected chi connectivity index (χ1v) is 4.28. The molecule has 0 saturated heterocycles. The minimum Gasteiger partial charge on any atom is -0.398 e. The molecule has 0 aromatic heterocycles. The van der Waals surface area contributed by atoms with E-state index in [0.29, 0.717) is 0 Å². The third-order valence-corrected chi connectivity index (χ3v) is 2.83. The van der Waals surface area contributed by atoms with Crippen LogP contribution >= 0.6 is 34.2 Å². The van der Waals surface area contributed by atoms with Gasteiger partial charge >= 0.3 is 0 Å². The average molecular weight is 267 g/mol. The number of anilines is 1. The summed E-state index contributed by atoms with van der Waals surface area (Å²) in [5.74, 6) is 0. The number of benzene rings is 1. The second kappa shape index (κ2) is 2.96. The van der Waals surface area contributed by atoms with E-state index in [9.17, 15) is 0 Å². The predicted octanol–water partition coefficient (Wildman–Crippen LogP) is 2.84. The van der Waals surface area contributed by atoms with Gasteiger partial charge < -0.3 is 5.73 Å². The summed E-state index contributed by atoms with van der Waals surface area (Å²) in [6, 6.07) is 3.75. The summed E-state index contributed by atoms with van der Waals surface area (Å²) in [4.78, 5) is 0. The van der Waals surface area contributed by atoms with Crippen LogP contribution in [0.4, 0.5) is 5.69 Å². The Balaban J connectivity index is 3.28. The van der Waals surface area contributed by atoms with Crippen molar-refractivity contribution in [3.8, 4) is 0 Å². The summed E-state index contributed by atoms with van der Waals surface area (Å²) >= 11 is 7.98. The van der Waals surface area contributed by atoms with Gasteiger partial charge in [-0.15, -0.1) is 0 Å². The number of nitrogens with two attached hydrogens (primary N) is 1. The molecule has 54 valence electrons. The summed E-state index contributed by atoms with van der Waals surface area (Å²) in [6.07, 6.45) is 0. The third kappa shape index (κ3) is 1.55. The number of hydrogen-bond acceptors (Lipinski definition) is 1. The van der Waals surface area contributed by atoms with Crippen molar-refractivity contribution in [2.45, 2.75) is 6.92 Å². The SMILES string of the molecule is Cc1cc(I)c(Cl)cc1N. The first-order valence-electron chi connectivity index (χ1n) is 2.82. The lowest BCUT2D eigenvalue weighted by Gasteiger charge is -2.01. The molecule has 10 heavy (non-hydrogen) atoms. The molecule has 0 aliphatic heterocycles. The Kier molecular flexibility index (Phi) is 2.41. The van der Waals surface area contributed by atoms with Gasteiger partial charge in [-0.25, -0.2) is 0 Å². The zero-order valence-corrected chi connectivity index (χ0v) is 8.40. The first-order chi connectivity index (χ1) is 4.61. The van der Waals surface area contributed by atoms with E-state index in [4.69, 9.17) is 17.3 Å². The van der Waals surface area contributed by atoms with Gasteiger partial charge in [0, 0.05) is 9.26 Å². The lowest BCUT2D eigenvalue weighted by atomic mass is 10.2. The molecule has 2 N–H and O–H groups in total. The van der Waals surface area contributed by atoms with Crippen LogP contribution in [0.25, 0.3) is 0 Å². The molecule has 0 amide bonds. The van der Waals surface area contributed by atoms with Crippen molar-refractivity contribution in [2.24, 2.45) is 0 Å². The Morgan fingerprint density at radius 2 is 2.10 bits per heavy atom. The van der Waals surface area contributed by atoms with Crippen LogP contribution in [0, 0.1) is 10.5 Å². The fourth-order valence-electron chi connectivity index (χ4n) is 0.662. The minimum atomic E-state index is 0.726. The molecule has 1 aromatic rings. The Bertz CT molecular complexity index is 210. The second-order valence-corrected chi connectivity index (χ2v) is 3.69. The minimum absolute atomic E-state index is 0.726. The smallest absolute Gasteiger partial charge is 0.0560 e. The molecule has 0 unspecified atom stereocenters. The highest BCUT2D eigenvalue weighted by Gasteiger charge is 1.99. The third-order valence-electron chi connectivity index (χ3n) is 1.31. The van der Waals surface area contributed by atoms with Gasteiger partial charge in [-0.3, -0.25) is 0 Å². The normalized spacial score (nSPS) is 9.90. The number of halogens is 2. The van der Waals surface area contributed by atoms with Gasteiger partial charge in [-0.2, -0.15) is 0 Å². The van der Waals surface area contributed by atoms with Crippen molar-refractivity contribution >= 4 is 39.9 Å². The molecule has 0 saturated carbocycles. The van der Waals surface area contributed by atoms with Crippen molar-refractivity contribution in [1.82, 2.24) is 0 Å². The van der Waals surface area contributed by atoms with Crippen molar-refractivity contribution in [3.63, 3.8) is 0 Å². The molecular formula is C7H7ClIN. The van der Waals surface area contributed by atoms with Crippen LogP contribution in [0.15, 0.2) is 12.1 Å². The van der Waals surface area contributed by atoms with E-state index in [2.05, 4.69) is 22.6 Å². The molecule has 0 fully saturated rings. The van der Waals surface area contributed by atoms with E-state index in [1.54, 1.807) is 6.07 Å². The van der Waals surface area contributed by atoms with E-state index in [-0.39, 0.29) is 0 Å². The molecule has 0 bridgehead atoms. The Morgan fingerprint density at radius 1 is 1.50 bits per heavy atom. The first kappa shape index (κ1) is 8.14. The Labute approximate surface area is 78.7 Å². The van der Waals surface area contributed by atoms with E-state index >= 15 is 0 Å². The van der Waals surface area contributed by atoms with Gasteiger partial charge in [-0.1, -0.05) is 11.6 Å². The van der Waals surface area contributed by atoms with Gasteiger partial charge in [0.05, 0.1) is 5.02 Å². The largest absolute Gasteiger partial charge is 0.398 e. The number of hydrogen-bond donors (Lipinski definition) is 1. The fourth-order valence-corrected chi connectivity index (χ4v) is 1.46. The summed E-state index contributed by atoms with van der Waals surface area (Å²) in [5.41, 5.74) is 7.43. The summed E-state index contributed by atoms with van der Waals surface area (Å²) in [7, 11) is 0. The average Bonchev–Trinajstić information content (AvgIpc) is 1.84. The van der Waals surface area contributed by atoms with Gasteiger partial charge in [-0.05, 0) is 47.2 Å². The van der Waals surface area contributed by atoms with Crippen LogP contribution in [-0.2, 0) is 0 Å². The highest BCUT2D eigenvalue weighted by molar-refractivity contribution is 14.1. The van der Waals surface area contributed by atoms with Crippen molar-refractivity contribution in [2.75, 3.05) is 5.73 Å². The van der Waals surface area contributed by atoms with Crippen LogP contribution in [0.5, 0.6) is 0 Å². The maximum absolute atomic E-state index is 5.80. The number of aryl methyl sites for hydroxylation is 1. The molecule has 1 nitrogen and oxygen atoms in total. The van der Waals surface area contributed by atoms with Crippen molar-refractivity contribution in [3.05, 3.63) is 26.3 Å². The Hall–Kier alpha value is 0.0400. The molecule has 0 aliphatic rings. The molecule has 1 rings (SSSR count). The molecule has 0 heterocycles. The summed E-state index contributed by atoms with van der Waals surface area (Å²) in [5, 5.41) is 0.726. The highest BCUT2D eigenvalue weighted by atomic mass is 127. The molecule has 0 radical (unpaired) electrons. The molecule has 0 spiro atoms. The van der Waals surface area contributed by atoms with Crippen LogP contribution in [0.1, 0.15) is 5.56 Å². The van der Waals surface area contributed by atoms with E-state index in [1.165, 1.54) is 0 Å². The maximum Gasteiger partial charge on any atom is 0.0560 e. The maximum atomic E-state index is 5.80. The van der Waals surface area contributed by atoms with Gasteiger partial charge in [0.1, 0.15) is 0 Å². The van der Waals surface area contributed by atoms with Crippen LogP contribution in [-0.4, -0.2) is 0 Å². The van der Waals surface area contributed by atoms with E-state index in [0.717, 1.165) is 19.8 Å². The number of rotatable bonds is 0. The van der Waals surface area contributed by atoms with Crippen LogP contribution < -0.4 is 5.73 Å². The van der Waals surface area contributed by atoms with Gasteiger partial charge in [0.25, 0.3) is 0 Å². The zero-order valence-electron chi connectivity index (χ0n) is 5.49.